The molecule has 0 atom stereocenters. The van der Waals surface area contributed by atoms with Gasteiger partial charge in [-0.15, -0.1) is 0 Å². The molecular formula is C24H24ClNO4. The lowest BCUT2D eigenvalue weighted by Crippen LogP contribution is -2.31. The van der Waals surface area contributed by atoms with Gasteiger partial charge in [-0.25, -0.2) is 4.98 Å². The van der Waals surface area contributed by atoms with E-state index in [2.05, 4.69) is 4.98 Å². The number of pyridine rings is 1. The number of aromatic nitrogens is 1. The van der Waals surface area contributed by atoms with Crippen LogP contribution < -0.4 is 4.74 Å². The first-order valence-electron chi connectivity index (χ1n) is 9.92. The number of aliphatic hydroxyl groups is 1. The Morgan fingerprint density at radius 2 is 1.80 bits per heavy atom. The van der Waals surface area contributed by atoms with E-state index in [0.29, 0.717) is 30.7 Å². The highest BCUT2D eigenvalue weighted by atomic mass is 35.5. The molecule has 30 heavy (non-hydrogen) atoms. The first kappa shape index (κ1) is 20.8. The highest BCUT2D eigenvalue weighted by Crippen LogP contribution is 2.32. The summed E-state index contributed by atoms with van der Waals surface area (Å²) in [6.45, 7) is 3.49. The molecule has 1 aliphatic heterocycles. The largest absolute Gasteiger partial charge is 0.477 e. The quantitative estimate of drug-likeness (QED) is 0.605. The third-order valence-corrected chi connectivity index (χ3v) is 5.40. The zero-order valence-corrected chi connectivity index (χ0v) is 17.5. The third kappa shape index (κ3) is 4.82. The average Bonchev–Trinajstić information content (AvgIpc) is 2.79. The van der Waals surface area contributed by atoms with Gasteiger partial charge >= 0.3 is 0 Å². The highest BCUT2D eigenvalue weighted by Gasteiger charge is 2.24. The minimum Gasteiger partial charge on any atom is -0.477 e. The summed E-state index contributed by atoms with van der Waals surface area (Å²) in [7, 11) is 0. The first-order valence-corrected chi connectivity index (χ1v) is 10.3. The van der Waals surface area contributed by atoms with Crippen molar-refractivity contribution in [3.05, 3.63) is 82.5 Å². The van der Waals surface area contributed by atoms with Crippen LogP contribution in [0.1, 0.15) is 23.1 Å². The first-order chi connectivity index (χ1) is 14.6. The number of ether oxygens (including phenoxy) is 3. The lowest BCUT2D eigenvalue weighted by atomic mass is 10.0. The minimum absolute atomic E-state index is 0.0332. The van der Waals surface area contributed by atoms with Crippen molar-refractivity contribution < 1.29 is 19.3 Å². The van der Waals surface area contributed by atoms with Gasteiger partial charge in [-0.2, -0.15) is 0 Å². The molecule has 0 unspecified atom stereocenters. The van der Waals surface area contributed by atoms with Crippen molar-refractivity contribution in [1.82, 2.24) is 4.98 Å². The molecule has 0 saturated carbocycles. The number of hydrogen-bond acceptors (Lipinski definition) is 5. The molecule has 1 N–H and O–H groups in total. The summed E-state index contributed by atoms with van der Waals surface area (Å²) < 4.78 is 17.6. The summed E-state index contributed by atoms with van der Waals surface area (Å²) in [5.74, 6) is 0.693. The third-order valence-electron chi connectivity index (χ3n) is 5.07. The zero-order valence-electron chi connectivity index (χ0n) is 16.8. The topological polar surface area (TPSA) is 60.8 Å². The smallest absolute Gasteiger partial charge is 0.213 e. The van der Waals surface area contributed by atoms with Crippen molar-refractivity contribution in [2.24, 2.45) is 5.92 Å². The fourth-order valence-electron chi connectivity index (χ4n) is 3.43. The van der Waals surface area contributed by atoms with Gasteiger partial charge in [-0.3, -0.25) is 0 Å². The fourth-order valence-corrected chi connectivity index (χ4v) is 3.64. The number of aliphatic hydroxyl groups excluding tert-OH is 1. The summed E-state index contributed by atoms with van der Waals surface area (Å²) >= 11 is 6.35. The van der Waals surface area contributed by atoms with Crippen LogP contribution in [0.25, 0.3) is 11.1 Å². The number of halogens is 1. The molecule has 156 valence electrons. The molecule has 3 aromatic rings. The Kier molecular flexibility index (Phi) is 6.65. The number of nitrogens with zero attached hydrogens (tertiary/aromatic N) is 1. The van der Waals surface area contributed by atoms with E-state index in [0.717, 1.165) is 27.9 Å². The lowest BCUT2D eigenvalue weighted by molar-refractivity contribution is -0.208. The van der Waals surface area contributed by atoms with Gasteiger partial charge in [0.15, 0.2) is 6.29 Å². The van der Waals surface area contributed by atoms with Crippen LogP contribution in [0.15, 0.2) is 60.7 Å². The van der Waals surface area contributed by atoms with E-state index in [9.17, 15) is 5.11 Å². The van der Waals surface area contributed by atoms with Crippen LogP contribution in [-0.2, 0) is 16.1 Å². The van der Waals surface area contributed by atoms with Gasteiger partial charge in [-0.1, -0.05) is 48.0 Å². The summed E-state index contributed by atoms with van der Waals surface area (Å²) in [5.41, 5.74) is 4.40. The molecule has 5 nitrogen and oxygen atoms in total. The van der Waals surface area contributed by atoms with Gasteiger partial charge in [0.2, 0.25) is 5.88 Å². The van der Waals surface area contributed by atoms with Crippen LogP contribution >= 0.6 is 11.6 Å². The zero-order chi connectivity index (χ0) is 20.9. The summed E-state index contributed by atoms with van der Waals surface area (Å²) in [6.07, 6.45) is -0.318. The molecule has 6 heteroatoms. The summed E-state index contributed by atoms with van der Waals surface area (Å²) in [4.78, 5) is 4.57. The highest BCUT2D eigenvalue weighted by molar-refractivity contribution is 6.33. The molecule has 2 aromatic carbocycles. The molecule has 0 bridgehead atoms. The Hall–Kier alpha value is -2.44. The predicted molar refractivity (Wildman–Crippen MR) is 115 cm³/mol. The maximum Gasteiger partial charge on any atom is 0.213 e. The molecule has 4 rings (SSSR count). The molecule has 1 fully saturated rings. The second-order valence-electron chi connectivity index (χ2n) is 7.34. The van der Waals surface area contributed by atoms with Gasteiger partial charge in [0.05, 0.1) is 26.4 Å². The lowest BCUT2D eigenvalue weighted by Gasteiger charge is -2.29. The van der Waals surface area contributed by atoms with E-state index >= 15 is 0 Å². The van der Waals surface area contributed by atoms with Gasteiger partial charge in [0, 0.05) is 39.4 Å². The van der Waals surface area contributed by atoms with Crippen molar-refractivity contribution in [3.8, 4) is 17.0 Å². The van der Waals surface area contributed by atoms with Crippen LogP contribution in [-0.4, -0.2) is 29.9 Å². The van der Waals surface area contributed by atoms with Crippen molar-refractivity contribution >= 4 is 11.6 Å². The second kappa shape index (κ2) is 9.58. The van der Waals surface area contributed by atoms with E-state index in [1.165, 1.54) is 0 Å². The predicted octanol–water partition coefficient (Wildman–Crippen LogP) is 4.94. The monoisotopic (exact) mass is 425 g/mol. The molecule has 0 aliphatic carbocycles. The van der Waals surface area contributed by atoms with E-state index in [1.807, 2.05) is 61.5 Å². The standard InChI is InChI=1S/C24H24ClNO4/c1-16-20(21-11-17(12-27)7-9-22(21)25)8-10-23(26-16)28-13-18-14-29-24(30-15-18)19-5-3-2-4-6-19/h2-11,18,24,27H,12-15H2,1H3. The van der Waals surface area contributed by atoms with Gasteiger partial charge < -0.3 is 19.3 Å². The van der Waals surface area contributed by atoms with Crippen LogP contribution in [0, 0.1) is 12.8 Å². The number of benzene rings is 2. The van der Waals surface area contributed by atoms with Crippen molar-refractivity contribution in [3.63, 3.8) is 0 Å². The Bertz CT molecular complexity index is 988. The Balaban J connectivity index is 1.36. The average molecular weight is 426 g/mol. The fraction of sp³-hybridized carbons (Fsp3) is 0.292. The maximum absolute atomic E-state index is 9.39. The van der Waals surface area contributed by atoms with Gasteiger partial charge in [0.25, 0.3) is 0 Å². The molecule has 0 spiro atoms. The SMILES string of the molecule is Cc1nc(OCC2COC(c3ccccc3)OC2)ccc1-c1cc(CO)ccc1Cl. The van der Waals surface area contributed by atoms with Crippen molar-refractivity contribution in [2.45, 2.75) is 19.8 Å². The van der Waals surface area contributed by atoms with Gasteiger partial charge in [-0.05, 0) is 30.7 Å². The van der Waals surface area contributed by atoms with E-state index in [1.54, 1.807) is 6.07 Å². The van der Waals surface area contributed by atoms with Crippen LogP contribution in [0.3, 0.4) is 0 Å². The Labute approximate surface area is 181 Å². The molecule has 0 amide bonds. The van der Waals surface area contributed by atoms with Crippen LogP contribution in [0.2, 0.25) is 5.02 Å². The van der Waals surface area contributed by atoms with E-state index in [4.69, 9.17) is 25.8 Å². The second-order valence-corrected chi connectivity index (χ2v) is 7.75. The van der Waals surface area contributed by atoms with E-state index in [-0.39, 0.29) is 18.8 Å². The molecule has 1 saturated heterocycles. The maximum atomic E-state index is 9.39. The molecule has 0 radical (unpaired) electrons. The summed E-state index contributed by atoms with van der Waals surface area (Å²) in [6, 6.07) is 19.2. The van der Waals surface area contributed by atoms with E-state index < -0.39 is 0 Å². The molecule has 2 heterocycles. The van der Waals surface area contributed by atoms with Crippen LogP contribution in [0.4, 0.5) is 0 Å². The Morgan fingerprint density at radius 1 is 1.03 bits per heavy atom. The van der Waals surface area contributed by atoms with Crippen molar-refractivity contribution in [2.75, 3.05) is 19.8 Å². The van der Waals surface area contributed by atoms with Gasteiger partial charge in [0.1, 0.15) is 0 Å². The van der Waals surface area contributed by atoms with Crippen molar-refractivity contribution in [1.29, 1.82) is 0 Å². The number of rotatable bonds is 6. The molecule has 1 aromatic heterocycles. The Morgan fingerprint density at radius 3 is 2.50 bits per heavy atom. The molecule has 1 aliphatic rings. The minimum atomic E-state index is -0.318. The normalized spacial score (nSPS) is 18.9. The molecular weight excluding hydrogens is 402 g/mol. The number of aryl methyl sites for hydroxylation is 1. The summed E-state index contributed by atoms with van der Waals surface area (Å²) in [5, 5.41) is 10.0. The number of hydrogen-bond donors (Lipinski definition) is 1. The van der Waals surface area contributed by atoms with Crippen LogP contribution in [0.5, 0.6) is 5.88 Å².